The van der Waals surface area contributed by atoms with E-state index in [1.165, 1.54) is 36.2 Å². The van der Waals surface area contributed by atoms with Crippen LogP contribution in [0.4, 0.5) is 5.69 Å². The van der Waals surface area contributed by atoms with Crippen LogP contribution in [0.5, 0.6) is 0 Å². The molecule has 36 heavy (non-hydrogen) atoms. The Kier molecular flexibility index (Phi) is 9.24. The number of carbonyl (C=O) groups is 2. The van der Waals surface area contributed by atoms with Crippen LogP contribution >= 0.6 is 34.8 Å². The Hall–Kier alpha value is -2.78. The van der Waals surface area contributed by atoms with Crippen LogP contribution in [0.3, 0.4) is 0 Å². The monoisotopic (exact) mass is 567 g/mol. The van der Waals surface area contributed by atoms with Gasteiger partial charge in [-0.05, 0) is 48.9 Å². The summed E-state index contributed by atoms with van der Waals surface area (Å²) in [6.07, 6.45) is 0. The van der Waals surface area contributed by atoms with E-state index in [-0.39, 0.29) is 22.2 Å². The molecule has 1 N–H and O–H groups in total. The van der Waals surface area contributed by atoms with Crippen LogP contribution in [0.1, 0.15) is 12.5 Å². The Morgan fingerprint density at radius 1 is 0.889 bits per heavy atom. The number of anilines is 1. The van der Waals surface area contributed by atoms with Crippen molar-refractivity contribution in [3.63, 3.8) is 0 Å². The standard InChI is InChI=1S/C25H24Cl3N3O4S/c1-17(25(33)29-2)30(15-18-12-13-20(26)22(28)14-18)24(32)16-31(23-11-7-6-10-21(23)27)36(34,35)19-8-4-3-5-9-19/h3-14,17H,15-16H2,1-2H3,(H,29,33). The van der Waals surface area contributed by atoms with E-state index in [4.69, 9.17) is 34.8 Å². The summed E-state index contributed by atoms with van der Waals surface area (Å²) >= 11 is 18.5. The first-order valence-electron chi connectivity index (χ1n) is 10.8. The lowest BCUT2D eigenvalue weighted by molar-refractivity contribution is -0.139. The maximum atomic E-state index is 13.7. The lowest BCUT2D eigenvalue weighted by Crippen LogP contribution is -2.50. The molecule has 3 aromatic rings. The van der Waals surface area contributed by atoms with E-state index in [2.05, 4.69) is 5.32 Å². The van der Waals surface area contributed by atoms with Gasteiger partial charge >= 0.3 is 0 Å². The van der Waals surface area contributed by atoms with E-state index in [0.29, 0.717) is 15.6 Å². The highest BCUT2D eigenvalue weighted by molar-refractivity contribution is 7.92. The number of carbonyl (C=O) groups excluding carboxylic acids is 2. The summed E-state index contributed by atoms with van der Waals surface area (Å²) in [5.41, 5.74) is 0.752. The molecule has 0 spiro atoms. The number of nitrogens with one attached hydrogen (secondary N) is 1. The number of benzene rings is 3. The maximum Gasteiger partial charge on any atom is 0.264 e. The van der Waals surface area contributed by atoms with Gasteiger partial charge in [-0.2, -0.15) is 0 Å². The van der Waals surface area contributed by atoms with Crippen LogP contribution in [-0.2, 0) is 26.2 Å². The number of sulfonamides is 1. The first-order valence-corrected chi connectivity index (χ1v) is 13.4. The van der Waals surface area contributed by atoms with E-state index in [1.54, 1.807) is 55.5 Å². The zero-order valence-electron chi connectivity index (χ0n) is 19.5. The van der Waals surface area contributed by atoms with Crippen molar-refractivity contribution in [1.82, 2.24) is 10.2 Å². The number of hydrogen-bond acceptors (Lipinski definition) is 4. The number of rotatable bonds is 9. The molecule has 0 aliphatic rings. The number of nitrogens with zero attached hydrogens (tertiary/aromatic N) is 2. The molecule has 1 atom stereocenters. The molecule has 190 valence electrons. The molecular formula is C25H24Cl3N3O4S. The number of likely N-dealkylation sites (N-methyl/N-ethyl adjacent to an activating group) is 1. The average Bonchev–Trinajstić information content (AvgIpc) is 2.87. The second-order valence-electron chi connectivity index (χ2n) is 7.84. The van der Waals surface area contributed by atoms with Crippen LogP contribution < -0.4 is 9.62 Å². The minimum atomic E-state index is -4.18. The predicted octanol–water partition coefficient (Wildman–Crippen LogP) is 5.01. The minimum Gasteiger partial charge on any atom is -0.357 e. The van der Waals surface area contributed by atoms with Crippen molar-refractivity contribution in [3.05, 3.63) is 93.4 Å². The van der Waals surface area contributed by atoms with Crippen molar-refractivity contribution >= 4 is 62.3 Å². The molecule has 3 rings (SSSR count). The van der Waals surface area contributed by atoms with Crippen LogP contribution in [0.2, 0.25) is 15.1 Å². The summed E-state index contributed by atoms with van der Waals surface area (Å²) in [6, 6.07) is 18.0. The molecular weight excluding hydrogens is 545 g/mol. The molecule has 0 fully saturated rings. The largest absolute Gasteiger partial charge is 0.357 e. The van der Waals surface area contributed by atoms with Gasteiger partial charge in [-0.3, -0.25) is 13.9 Å². The Morgan fingerprint density at radius 3 is 2.14 bits per heavy atom. The third-order valence-corrected chi connectivity index (χ3v) is 8.31. The molecule has 0 bridgehead atoms. The molecule has 2 amide bonds. The van der Waals surface area contributed by atoms with E-state index < -0.39 is 34.4 Å². The van der Waals surface area contributed by atoms with Gasteiger partial charge in [-0.1, -0.05) is 71.2 Å². The Balaban J connectivity index is 2.04. The van der Waals surface area contributed by atoms with Crippen molar-refractivity contribution in [1.29, 1.82) is 0 Å². The Morgan fingerprint density at radius 2 is 1.53 bits per heavy atom. The van der Waals surface area contributed by atoms with Gasteiger partial charge in [0.2, 0.25) is 11.8 Å². The highest BCUT2D eigenvalue weighted by Gasteiger charge is 2.33. The van der Waals surface area contributed by atoms with Crippen molar-refractivity contribution in [2.45, 2.75) is 24.4 Å². The third kappa shape index (κ3) is 6.31. The summed E-state index contributed by atoms with van der Waals surface area (Å²) in [6.45, 7) is 0.954. The number of amides is 2. The summed E-state index contributed by atoms with van der Waals surface area (Å²) in [5.74, 6) is -1.03. The first-order chi connectivity index (χ1) is 17.1. The summed E-state index contributed by atoms with van der Waals surface area (Å²) in [7, 11) is -2.72. The zero-order valence-corrected chi connectivity index (χ0v) is 22.6. The van der Waals surface area contributed by atoms with Gasteiger partial charge < -0.3 is 10.2 Å². The minimum absolute atomic E-state index is 0.00639. The first kappa shape index (κ1) is 27.8. The molecule has 0 saturated carbocycles. The number of halogens is 3. The molecule has 11 heteroatoms. The van der Waals surface area contributed by atoms with Crippen LogP contribution in [-0.4, -0.2) is 44.8 Å². The fraction of sp³-hybridized carbons (Fsp3) is 0.200. The van der Waals surface area contributed by atoms with Crippen LogP contribution in [0.25, 0.3) is 0 Å². The number of hydrogen-bond donors (Lipinski definition) is 1. The molecule has 0 aromatic heterocycles. The van der Waals surface area contributed by atoms with Crippen LogP contribution in [0.15, 0.2) is 77.7 Å². The van der Waals surface area contributed by atoms with Crippen molar-refractivity contribution in [2.24, 2.45) is 0 Å². The molecule has 0 heterocycles. The van der Waals surface area contributed by atoms with Gasteiger partial charge in [-0.25, -0.2) is 8.42 Å². The van der Waals surface area contributed by atoms with Gasteiger partial charge in [-0.15, -0.1) is 0 Å². The third-order valence-electron chi connectivity index (χ3n) is 5.48. The van der Waals surface area contributed by atoms with Gasteiger partial charge in [0, 0.05) is 13.6 Å². The molecule has 1 unspecified atom stereocenters. The predicted molar refractivity (Wildman–Crippen MR) is 143 cm³/mol. The highest BCUT2D eigenvalue weighted by Crippen LogP contribution is 2.31. The van der Waals surface area contributed by atoms with Gasteiger partial charge in [0.05, 0.1) is 25.7 Å². The fourth-order valence-corrected chi connectivity index (χ4v) is 5.58. The zero-order chi connectivity index (χ0) is 26.5. The molecule has 0 aliphatic heterocycles. The summed E-state index contributed by atoms with van der Waals surface area (Å²) in [4.78, 5) is 27.4. The topological polar surface area (TPSA) is 86.8 Å². The quantitative estimate of drug-likeness (QED) is 0.393. The normalized spacial score (nSPS) is 12.0. The molecule has 0 radical (unpaired) electrons. The second-order valence-corrected chi connectivity index (χ2v) is 10.9. The fourth-order valence-electron chi connectivity index (χ4n) is 3.51. The molecule has 7 nitrogen and oxygen atoms in total. The smallest absolute Gasteiger partial charge is 0.264 e. The van der Waals surface area contributed by atoms with E-state index in [1.807, 2.05) is 0 Å². The lowest BCUT2D eigenvalue weighted by atomic mass is 10.1. The van der Waals surface area contributed by atoms with E-state index in [0.717, 1.165) is 4.31 Å². The van der Waals surface area contributed by atoms with Gasteiger partial charge in [0.15, 0.2) is 0 Å². The van der Waals surface area contributed by atoms with Crippen molar-refractivity contribution in [2.75, 3.05) is 17.9 Å². The van der Waals surface area contributed by atoms with Crippen LogP contribution in [0, 0.1) is 0 Å². The van der Waals surface area contributed by atoms with Gasteiger partial charge in [0.1, 0.15) is 12.6 Å². The van der Waals surface area contributed by atoms with Crippen molar-refractivity contribution < 1.29 is 18.0 Å². The SMILES string of the molecule is CNC(=O)C(C)N(Cc1ccc(Cl)c(Cl)c1)C(=O)CN(c1ccccc1Cl)S(=O)(=O)c1ccccc1. The maximum absolute atomic E-state index is 13.7. The van der Waals surface area contributed by atoms with Crippen molar-refractivity contribution in [3.8, 4) is 0 Å². The summed E-state index contributed by atoms with van der Waals surface area (Å²) in [5, 5.41) is 3.31. The van der Waals surface area contributed by atoms with E-state index in [9.17, 15) is 18.0 Å². The van der Waals surface area contributed by atoms with E-state index >= 15 is 0 Å². The Labute approximate surface area is 225 Å². The lowest BCUT2D eigenvalue weighted by Gasteiger charge is -2.32. The second kappa shape index (κ2) is 12.0. The summed E-state index contributed by atoms with van der Waals surface area (Å²) < 4.78 is 28.2. The van der Waals surface area contributed by atoms with Gasteiger partial charge in [0.25, 0.3) is 10.0 Å². The molecule has 3 aromatic carbocycles. The Bertz CT molecular complexity index is 1350. The number of para-hydroxylation sites is 1. The highest BCUT2D eigenvalue weighted by atomic mass is 35.5. The average molecular weight is 569 g/mol. The molecule has 0 saturated heterocycles. The molecule has 0 aliphatic carbocycles.